The molecule has 166 valence electrons. The van der Waals surface area contributed by atoms with Gasteiger partial charge in [0.2, 0.25) is 5.91 Å². The maximum absolute atomic E-state index is 13.4. The van der Waals surface area contributed by atoms with E-state index in [4.69, 9.17) is 0 Å². The number of hydrogen-bond acceptors (Lipinski definition) is 3. The van der Waals surface area contributed by atoms with Gasteiger partial charge in [0.05, 0.1) is 0 Å². The van der Waals surface area contributed by atoms with E-state index in [1.165, 1.54) is 43.3 Å². The molecule has 0 fully saturated rings. The maximum Gasteiger partial charge on any atom is 0.255 e. The van der Waals surface area contributed by atoms with E-state index in [2.05, 4.69) is 5.32 Å². The Bertz CT molecular complexity index is 1110. The second kappa shape index (κ2) is 10.0. The number of anilines is 2. The zero-order valence-corrected chi connectivity index (χ0v) is 18.2. The monoisotopic (exact) mass is 437 g/mol. The third-order valence-electron chi connectivity index (χ3n) is 5.00. The van der Waals surface area contributed by atoms with E-state index in [1.54, 1.807) is 29.2 Å². The topological polar surface area (TPSA) is 52.7 Å². The number of carbonyl (C=O) groups excluding carboxylic acids is 2. The van der Waals surface area contributed by atoms with Crippen LogP contribution < -0.4 is 10.2 Å². The van der Waals surface area contributed by atoms with Crippen LogP contribution in [0.25, 0.3) is 0 Å². The molecule has 0 saturated heterocycles. The molecule has 0 unspecified atom stereocenters. The molecule has 1 N–H and O–H groups in total. The highest BCUT2D eigenvalue weighted by Gasteiger charge is 2.16. The lowest BCUT2D eigenvalue weighted by molar-refractivity contribution is -0.130. The number of amides is 2. The molecule has 2 amide bonds. The molecule has 32 heavy (non-hydrogen) atoms. The molecule has 0 bridgehead atoms. The van der Waals surface area contributed by atoms with Crippen molar-refractivity contribution in [1.82, 2.24) is 4.90 Å². The predicted molar refractivity (Wildman–Crippen MR) is 121 cm³/mol. The molecule has 3 rings (SSSR count). The fraction of sp³-hybridized carbons (Fsp3) is 0.200. The summed E-state index contributed by atoms with van der Waals surface area (Å²) in [5.74, 6) is -1.38. The van der Waals surface area contributed by atoms with E-state index >= 15 is 0 Å². The minimum atomic E-state index is -0.487. The summed E-state index contributed by atoms with van der Waals surface area (Å²) in [4.78, 5) is 28.4. The second-order valence-electron chi connectivity index (χ2n) is 7.70. The van der Waals surface area contributed by atoms with Crippen molar-refractivity contribution < 1.29 is 18.4 Å². The van der Waals surface area contributed by atoms with Gasteiger partial charge in [-0.1, -0.05) is 18.2 Å². The smallest absolute Gasteiger partial charge is 0.255 e. The zero-order valence-electron chi connectivity index (χ0n) is 18.2. The number of halogens is 2. The first-order chi connectivity index (χ1) is 15.2. The molecule has 3 aromatic rings. The summed E-state index contributed by atoms with van der Waals surface area (Å²) in [5, 5.41) is 2.78. The summed E-state index contributed by atoms with van der Waals surface area (Å²) in [5.41, 5.74) is 3.27. The zero-order chi connectivity index (χ0) is 23.3. The lowest BCUT2D eigenvalue weighted by Gasteiger charge is -2.25. The largest absolute Gasteiger partial charge is 0.377 e. The highest BCUT2D eigenvalue weighted by atomic mass is 19.1. The Morgan fingerprint density at radius 2 is 1.59 bits per heavy atom. The molecular weight excluding hydrogens is 412 g/mol. The van der Waals surface area contributed by atoms with Gasteiger partial charge in [-0.15, -0.1) is 0 Å². The van der Waals surface area contributed by atoms with Crippen LogP contribution in [0.15, 0.2) is 66.7 Å². The number of nitrogens with zero attached hydrogens (tertiary/aromatic N) is 2. The highest BCUT2D eigenvalue weighted by Crippen LogP contribution is 2.26. The maximum atomic E-state index is 13.4. The molecular formula is C25H25F2N3O2. The summed E-state index contributed by atoms with van der Waals surface area (Å²) in [6.07, 6.45) is 0. The van der Waals surface area contributed by atoms with Gasteiger partial charge in [-0.25, -0.2) is 8.78 Å². The SMILES string of the molecule is CC(=O)N(Cc1ccc(F)cc1)Cc1cc(NC(=O)c2cccc(F)c2)ccc1N(C)C. The number of benzene rings is 3. The summed E-state index contributed by atoms with van der Waals surface area (Å²) >= 11 is 0. The van der Waals surface area contributed by atoms with E-state index < -0.39 is 11.7 Å². The summed E-state index contributed by atoms with van der Waals surface area (Å²) < 4.78 is 26.7. The number of hydrogen-bond donors (Lipinski definition) is 1. The van der Waals surface area contributed by atoms with E-state index in [9.17, 15) is 18.4 Å². The Morgan fingerprint density at radius 3 is 2.22 bits per heavy atom. The summed E-state index contributed by atoms with van der Waals surface area (Å²) in [6, 6.07) is 16.9. The minimum absolute atomic E-state index is 0.131. The molecule has 0 aromatic heterocycles. The molecule has 0 aliphatic rings. The number of carbonyl (C=O) groups is 2. The average Bonchev–Trinajstić information content (AvgIpc) is 2.74. The van der Waals surface area contributed by atoms with Gasteiger partial charge in [-0.05, 0) is 59.7 Å². The van der Waals surface area contributed by atoms with Crippen molar-refractivity contribution in [3.05, 3.63) is 95.1 Å². The molecule has 0 aliphatic carbocycles. The lowest BCUT2D eigenvalue weighted by atomic mass is 10.1. The van der Waals surface area contributed by atoms with Gasteiger partial charge in [0, 0.05) is 51.0 Å². The first kappa shape index (κ1) is 22.9. The summed E-state index contributed by atoms with van der Waals surface area (Å²) in [7, 11) is 3.78. The van der Waals surface area contributed by atoms with Crippen molar-refractivity contribution in [2.24, 2.45) is 0 Å². The Hall–Kier alpha value is -3.74. The van der Waals surface area contributed by atoms with Gasteiger partial charge in [0.25, 0.3) is 5.91 Å². The first-order valence-electron chi connectivity index (χ1n) is 10.1. The number of rotatable bonds is 7. The van der Waals surface area contributed by atoms with Crippen LogP contribution >= 0.6 is 0 Å². The van der Waals surface area contributed by atoms with Crippen molar-refractivity contribution in [3.8, 4) is 0 Å². The van der Waals surface area contributed by atoms with Gasteiger partial charge in [-0.3, -0.25) is 9.59 Å². The summed E-state index contributed by atoms with van der Waals surface area (Å²) in [6.45, 7) is 2.10. The van der Waals surface area contributed by atoms with Crippen molar-refractivity contribution >= 4 is 23.2 Å². The molecule has 0 heterocycles. The molecule has 0 aliphatic heterocycles. The second-order valence-corrected chi connectivity index (χ2v) is 7.70. The van der Waals surface area contributed by atoms with E-state index in [1.807, 2.05) is 25.1 Å². The number of nitrogens with one attached hydrogen (secondary N) is 1. The fourth-order valence-corrected chi connectivity index (χ4v) is 3.35. The standard InChI is InChI=1S/C25H25F2N3O2/c1-17(31)30(15-18-7-9-21(26)10-8-18)16-20-14-23(11-12-24(20)29(2)3)28-25(32)19-5-4-6-22(27)13-19/h4-14H,15-16H2,1-3H3,(H,28,32). The van der Waals surface area contributed by atoms with Crippen molar-refractivity contribution in [3.63, 3.8) is 0 Å². The fourth-order valence-electron chi connectivity index (χ4n) is 3.35. The van der Waals surface area contributed by atoms with Crippen LogP contribution in [0.5, 0.6) is 0 Å². The molecule has 0 radical (unpaired) electrons. The molecule has 0 spiro atoms. The van der Waals surface area contributed by atoms with Gasteiger partial charge in [0.1, 0.15) is 11.6 Å². The lowest BCUT2D eigenvalue weighted by Crippen LogP contribution is -2.28. The van der Waals surface area contributed by atoms with E-state index in [0.29, 0.717) is 18.8 Å². The normalized spacial score (nSPS) is 10.5. The van der Waals surface area contributed by atoms with Crippen LogP contribution in [-0.2, 0) is 17.9 Å². The van der Waals surface area contributed by atoms with Crippen LogP contribution in [0.2, 0.25) is 0 Å². The molecule has 0 atom stereocenters. The molecule has 7 heteroatoms. The van der Waals surface area contributed by atoms with Gasteiger partial charge in [0.15, 0.2) is 0 Å². The first-order valence-corrected chi connectivity index (χ1v) is 10.1. The third-order valence-corrected chi connectivity index (χ3v) is 5.00. The predicted octanol–water partition coefficient (Wildman–Crippen LogP) is 4.83. The minimum Gasteiger partial charge on any atom is -0.377 e. The Labute approximate surface area is 186 Å². The highest BCUT2D eigenvalue weighted by molar-refractivity contribution is 6.04. The Morgan fingerprint density at radius 1 is 0.875 bits per heavy atom. The van der Waals surface area contributed by atoms with Crippen LogP contribution in [0.1, 0.15) is 28.4 Å². The van der Waals surface area contributed by atoms with Crippen LogP contribution in [-0.4, -0.2) is 30.8 Å². The van der Waals surface area contributed by atoms with Crippen molar-refractivity contribution in [1.29, 1.82) is 0 Å². The van der Waals surface area contributed by atoms with Gasteiger partial charge in [-0.2, -0.15) is 0 Å². The van der Waals surface area contributed by atoms with E-state index in [0.717, 1.165) is 16.8 Å². The van der Waals surface area contributed by atoms with Crippen molar-refractivity contribution in [2.75, 3.05) is 24.3 Å². The van der Waals surface area contributed by atoms with Crippen molar-refractivity contribution in [2.45, 2.75) is 20.0 Å². The average molecular weight is 437 g/mol. The molecule has 3 aromatic carbocycles. The van der Waals surface area contributed by atoms with Crippen LogP contribution in [0.3, 0.4) is 0 Å². The van der Waals surface area contributed by atoms with E-state index in [-0.39, 0.29) is 17.3 Å². The Kier molecular flexibility index (Phi) is 7.20. The quantitative estimate of drug-likeness (QED) is 0.576. The van der Waals surface area contributed by atoms with Crippen LogP contribution in [0.4, 0.5) is 20.2 Å². The third kappa shape index (κ3) is 5.91. The molecule has 5 nitrogen and oxygen atoms in total. The van der Waals surface area contributed by atoms with Gasteiger partial charge < -0.3 is 15.1 Å². The van der Waals surface area contributed by atoms with Gasteiger partial charge >= 0.3 is 0 Å². The molecule has 0 saturated carbocycles. The Balaban J connectivity index is 1.85. The van der Waals surface area contributed by atoms with Crippen LogP contribution in [0, 0.1) is 11.6 Å².